The molecule has 2 rings (SSSR count). The van der Waals surface area contributed by atoms with Gasteiger partial charge in [0.15, 0.2) is 0 Å². The maximum absolute atomic E-state index is 4.31. The van der Waals surface area contributed by atoms with Crippen molar-refractivity contribution in [1.29, 1.82) is 0 Å². The Kier molecular flexibility index (Phi) is 4.03. The minimum atomic E-state index is 0.942. The maximum atomic E-state index is 4.31. The van der Waals surface area contributed by atoms with Crippen LogP contribution >= 0.6 is 31.9 Å². The molecule has 1 N–H and O–H groups in total. The second kappa shape index (κ2) is 5.30. The van der Waals surface area contributed by atoms with E-state index in [0.29, 0.717) is 0 Å². The van der Waals surface area contributed by atoms with Crippen LogP contribution in [0.4, 0.5) is 5.82 Å². The first kappa shape index (κ1) is 11.4. The number of pyridine rings is 1. The first-order chi connectivity index (χ1) is 7.25. The molecule has 1 saturated carbocycles. The molecule has 0 aromatic carbocycles. The molecule has 15 heavy (non-hydrogen) atoms. The summed E-state index contributed by atoms with van der Waals surface area (Å²) in [4.78, 5) is 4.31. The molecule has 0 unspecified atom stereocenters. The van der Waals surface area contributed by atoms with Crippen molar-refractivity contribution in [2.75, 3.05) is 11.9 Å². The van der Waals surface area contributed by atoms with Crippen LogP contribution in [0.5, 0.6) is 0 Å². The molecule has 0 bridgehead atoms. The lowest BCUT2D eigenvalue weighted by Gasteiger charge is -2.25. The van der Waals surface area contributed by atoms with Gasteiger partial charge in [0.05, 0.1) is 4.47 Å². The maximum Gasteiger partial charge on any atom is 0.140 e. The van der Waals surface area contributed by atoms with E-state index >= 15 is 0 Å². The minimum absolute atomic E-state index is 0.942. The summed E-state index contributed by atoms with van der Waals surface area (Å²) in [6.45, 7) is 1.03. The van der Waals surface area contributed by atoms with E-state index in [2.05, 4.69) is 42.2 Å². The summed E-state index contributed by atoms with van der Waals surface area (Å²) in [7, 11) is 0. The van der Waals surface area contributed by atoms with Gasteiger partial charge in [-0.1, -0.05) is 19.3 Å². The fraction of sp³-hybridized carbons (Fsp3) is 0.545. The van der Waals surface area contributed by atoms with E-state index < -0.39 is 0 Å². The molecule has 1 fully saturated rings. The largest absolute Gasteiger partial charge is 0.369 e. The highest BCUT2D eigenvalue weighted by atomic mass is 79.9. The topological polar surface area (TPSA) is 24.9 Å². The Morgan fingerprint density at radius 2 is 2.20 bits per heavy atom. The van der Waals surface area contributed by atoms with Gasteiger partial charge in [-0.25, -0.2) is 4.98 Å². The zero-order chi connectivity index (χ0) is 10.7. The van der Waals surface area contributed by atoms with Crippen LogP contribution in [-0.2, 0) is 0 Å². The number of aromatic nitrogens is 1. The van der Waals surface area contributed by atoms with Crippen LogP contribution in [-0.4, -0.2) is 11.5 Å². The van der Waals surface area contributed by atoms with Gasteiger partial charge >= 0.3 is 0 Å². The van der Waals surface area contributed by atoms with Crippen LogP contribution in [0.25, 0.3) is 0 Å². The highest BCUT2D eigenvalue weighted by Crippen LogP contribution is 2.29. The molecule has 0 amide bonds. The molecule has 0 aliphatic heterocycles. The smallest absolute Gasteiger partial charge is 0.140 e. The van der Waals surface area contributed by atoms with Gasteiger partial charge in [-0.05, 0) is 50.3 Å². The van der Waals surface area contributed by atoms with Gasteiger partial charge in [0.2, 0.25) is 0 Å². The number of hydrogen-bond donors (Lipinski definition) is 1. The molecule has 1 aliphatic carbocycles. The lowest BCUT2D eigenvalue weighted by atomic mass is 9.83. The van der Waals surface area contributed by atoms with Crippen molar-refractivity contribution in [2.24, 2.45) is 5.92 Å². The molecular weight excluding hydrogens is 320 g/mol. The average molecular weight is 334 g/mol. The molecule has 0 radical (unpaired) electrons. The summed E-state index contributed by atoms with van der Waals surface area (Å²) < 4.78 is 2.02. The van der Waals surface area contributed by atoms with Crippen LogP contribution in [0.2, 0.25) is 0 Å². The van der Waals surface area contributed by atoms with Crippen LogP contribution in [0.3, 0.4) is 0 Å². The number of nitrogens with zero attached hydrogens (tertiary/aromatic N) is 1. The van der Waals surface area contributed by atoms with Crippen molar-refractivity contribution in [3.05, 3.63) is 21.2 Å². The fourth-order valence-corrected chi connectivity index (χ4v) is 2.85. The van der Waals surface area contributed by atoms with Crippen LogP contribution in [0, 0.1) is 5.92 Å². The molecule has 82 valence electrons. The van der Waals surface area contributed by atoms with Crippen LogP contribution < -0.4 is 5.32 Å². The summed E-state index contributed by atoms with van der Waals surface area (Å²) in [5, 5.41) is 3.36. The second-order valence-corrected chi connectivity index (χ2v) is 5.77. The quantitative estimate of drug-likeness (QED) is 0.892. The normalized spacial score (nSPS) is 16.1. The van der Waals surface area contributed by atoms with Crippen molar-refractivity contribution in [2.45, 2.75) is 25.7 Å². The van der Waals surface area contributed by atoms with Crippen molar-refractivity contribution in [1.82, 2.24) is 4.98 Å². The van der Waals surface area contributed by atoms with Gasteiger partial charge in [-0.15, -0.1) is 0 Å². The van der Waals surface area contributed by atoms with Gasteiger partial charge in [0.25, 0.3) is 0 Å². The summed E-state index contributed by atoms with van der Waals surface area (Å²) >= 11 is 6.88. The highest BCUT2D eigenvalue weighted by Gasteiger charge is 2.16. The van der Waals surface area contributed by atoms with E-state index in [4.69, 9.17) is 0 Å². The molecule has 1 aromatic rings. The number of halogens is 2. The van der Waals surface area contributed by atoms with Gasteiger partial charge < -0.3 is 5.32 Å². The zero-order valence-corrected chi connectivity index (χ0v) is 11.6. The van der Waals surface area contributed by atoms with E-state index in [1.54, 1.807) is 0 Å². The zero-order valence-electron chi connectivity index (χ0n) is 8.47. The molecule has 0 atom stereocenters. The first-order valence-electron chi connectivity index (χ1n) is 5.30. The summed E-state index contributed by atoms with van der Waals surface area (Å²) in [6.07, 6.45) is 7.33. The highest BCUT2D eigenvalue weighted by molar-refractivity contribution is 9.11. The monoisotopic (exact) mass is 332 g/mol. The molecule has 0 spiro atoms. The molecule has 2 nitrogen and oxygen atoms in total. The van der Waals surface area contributed by atoms with Gasteiger partial charge in [-0.2, -0.15) is 0 Å². The fourth-order valence-electron chi connectivity index (χ4n) is 1.72. The molecule has 1 aromatic heterocycles. The Morgan fingerprint density at radius 3 is 2.80 bits per heavy atom. The third kappa shape index (κ3) is 3.18. The Bertz CT molecular complexity index is 337. The van der Waals surface area contributed by atoms with E-state index in [9.17, 15) is 0 Å². The molecule has 1 aliphatic rings. The summed E-state index contributed by atoms with van der Waals surface area (Å²) in [5.74, 6) is 1.89. The van der Waals surface area contributed by atoms with Gasteiger partial charge in [0, 0.05) is 17.2 Å². The van der Waals surface area contributed by atoms with Crippen molar-refractivity contribution >= 4 is 37.7 Å². The van der Waals surface area contributed by atoms with E-state index in [0.717, 1.165) is 27.2 Å². The predicted molar refractivity (Wildman–Crippen MR) is 70.1 cm³/mol. The number of rotatable bonds is 4. The second-order valence-electron chi connectivity index (χ2n) is 4.00. The van der Waals surface area contributed by atoms with Crippen LogP contribution in [0.1, 0.15) is 25.7 Å². The van der Waals surface area contributed by atoms with Crippen molar-refractivity contribution < 1.29 is 0 Å². The predicted octanol–water partition coefficient (Wildman–Crippen LogP) is 4.21. The molecular formula is C11H14Br2N2. The minimum Gasteiger partial charge on any atom is -0.369 e. The Labute approximate surface area is 107 Å². The number of anilines is 1. The molecule has 0 saturated heterocycles. The lowest BCUT2D eigenvalue weighted by Crippen LogP contribution is -2.16. The number of nitrogens with one attached hydrogen (secondary N) is 1. The third-order valence-electron chi connectivity index (χ3n) is 2.88. The average Bonchev–Trinajstić information content (AvgIpc) is 2.12. The van der Waals surface area contributed by atoms with Gasteiger partial charge in [-0.3, -0.25) is 0 Å². The van der Waals surface area contributed by atoms with E-state index in [1.165, 1.54) is 25.7 Å². The van der Waals surface area contributed by atoms with Crippen molar-refractivity contribution in [3.63, 3.8) is 0 Å². The van der Waals surface area contributed by atoms with Crippen molar-refractivity contribution in [3.8, 4) is 0 Å². The van der Waals surface area contributed by atoms with Gasteiger partial charge in [0.1, 0.15) is 5.82 Å². The first-order valence-corrected chi connectivity index (χ1v) is 6.89. The van der Waals surface area contributed by atoms with E-state index in [1.807, 2.05) is 12.3 Å². The van der Waals surface area contributed by atoms with Crippen LogP contribution in [0.15, 0.2) is 21.2 Å². The molecule has 1 heterocycles. The lowest BCUT2D eigenvalue weighted by molar-refractivity contribution is 0.303. The Hall–Kier alpha value is -0.0900. The summed E-state index contributed by atoms with van der Waals surface area (Å²) in [5.41, 5.74) is 0. The number of hydrogen-bond acceptors (Lipinski definition) is 2. The molecule has 4 heteroatoms. The SMILES string of the molecule is Brc1cnc(NCCC2CCC2)c(Br)c1. The van der Waals surface area contributed by atoms with E-state index in [-0.39, 0.29) is 0 Å². The Morgan fingerprint density at radius 1 is 1.40 bits per heavy atom. The third-order valence-corrected chi connectivity index (χ3v) is 3.92. The Balaban J connectivity index is 1.81. The standard InChI is InChI=1S/C11H14Br2N2/c12-9-6-10(13)11(15-7-9)14-5-4-8-2-1-3-8/h6-8H,1-5H2,(H,14,15). The summed E-state index contributed by atoms with van der Waals surface area (Å²) in [6, 6.07) is 2.01.